The predicted molar refractivity (Wildman–Crippen MR) is 146 cm³/mol. The van der Waals surface area contributed by atoms with Gasteiger partial charge in [0.15, 0.2) is 0 Å². The highest BCUT2D eigenvalue weighted by atomic mass is 16.3. The van der Waals surface area contributed by atoms with E-state index in [1.807, 2.05) is 0 Å². The molecule has 4 fully saturated rings. The van der Waals surface area contributed by atoms with Gasteiger partial charge in [-0.1, -0.05) is 6.07 Å². The minimum absolute atomic E-state index is 0.0554. The summed E-state index contributed by atoms with van der Waals surface area (Å²) in [6.07, 6.45) is 6.41. The van der Waals surface area contributed by atoms with Gasteiger partial charge in [-0.25, -0.2) is 9.97 Å². The van der Waals surface area contributed by atoms with Gasteiger partial charge in [-0.15, -0.1) is 0 Å². The van der Waals surface area contributed by atoms with Crippen molar-refractivity contribution < 1.29 is 19.8 Å². The van der Waals surface area contributed by atoms with Gasteiger partial charge >= 0.3 is 0 Å². The lowest BCUT2D eigenvalue weighted by Gasteiger charge is -2.59. The van der Waals surface area contributed by atoms with Crippen LogP contribution < -0.4 is 10.6 Å². The van der Waals surface area contributed by atoms with Gasteiger partial charge in [-0.05, 0) is 98.9 Å². The van der Waals surface area contributed by atoms with E-state index in [0.717, 1.165) is 32.1 Å². The standard InChI is InChI=1S/C30H29N5O4/c36-24-11-19(4-7-22(24)34-28(38)29-12-17-9-18(13-29)15-30(39,14-17)16-29)26-32-21-6-5-20(10-23(21)33-26)27(37)35-25-3-1-2-8-31-25/h1-8,10-11,17-18,36,39H,9,12-16H2,(H,32,33)(H,34,38)(H,31,35,37)/t17-,18+,29?,30?. The fraction of sp³-hybridized carbons (Fsp3) is 0.333. The number of anilines is 2. The summed E-state index contributed by atoms with van der Waals surface area (Å²) >= 11 is 0. The topological polar surface area (TPSA) is 140 Å². The third-order valence-corrected chi connectivity index (χ3v) is 8.68. The van der Waals surface area contributed by atoms with Crippen LogP contribution >= 0.6 is 0 Å². The fourth-order valence-corrected chi connectivity index (χ4v) is 7.43. The van der Waals surface area contributed by atoms with Gasteiger partial charge in [0, 0.05) is 17.3 Å². The Hall–Kier alpha value is -4.24. The zero-order chi connectivity index (χ0) is 26.8. The van der Waals surface area contributed by atoms with E-state index in [4.69, 9.17) is 0 Å². The number of carbonyl (C=O) groups is 2. The van der Waals surface area contributed by atoms with E-state index < -0.39 is 11.0 Å². The van der Waals surface area contributed by atoms with Crippen molar-refractivity contribution in [2.75, 3.05) is 10.6 Å². The number of aromatic nitrogens is 3. The number of carbonyl (C=O) groups excluding carboxylic acids is 2. The Morgan fingerprint density at radius 3 is 2.51 bits per heavy atom. The number of hydrogen-bond donors (Lipinski definition) is 5. The number of phenols is 1. The number of imidazole rings is 1. The molecule has 2 amide bonds. The second-order valence-corrected chi connectivity index (χ2v) is 11.6. The molecule has 4 aromatic rings. The summed E-state index contributed by atoms with van der Waals surface area (Å²) in [5, 5.41) is 27.5. The summed E-state index contributed by atoms with van der Waals surface area (Å²) < 4.78 is 0. The lowest BCUT2D eigenvalue weighted by molar-refractivity contribution is -0.174. The highest BCUT2D eigenvalue weighted by Crippen LogP contribution is 2.62. The molecule has 2 aromatic heterocycles. The third kappa shape index (κ3) is 4.23. The van der Waals surface area contributed by atoms with Crippen molar-refractivity contribution in [2.45, 2.75) is 44.1 Å². The van der Waals surface area contributed by atoms with Gasteiger partial charge in [0.1, 0.15) is 17.4 Å². The van der Waals surface area contributed by atoms with Crippen LogP contribution in [0.3, 0.4) is 0 Å². The number of aromatic amines is 1. The maximum Gasteiger partial charge on any atom is 0.256 e. The highest BCUT2D eigenvalue weighted by molar-refractivity contribution is 6.05. The van der Waals surface area contributed by atoms with Crippen LogP contribution in [0.15, 0.2) is 60.8 Å². The second kappa shape index (κ2) is 8.64. The van der Waals surface area contributed by atoms with Crippen LogP contribution in [0.2, 0.25) is 0 Å². The first kappa shape index (κ1) is 23.8. The number of nitrogens with one attached hydrogen (secondary N) is 3. The molecule has 198 valence electrons. The Balaban J connectivity index is 1.09. The largest absolute Gasteiger partial charge is 0.506 e. The van der Waals surface area contributed by atoms with Crippen molar-refractivity contribution in [1.82, 2.24) is 15.0 Å². The smallest absolute Gasteiger partial charge is 0.256 e. The van der Waals surface area contributed by atoms with Gasteiger partial charge in [0.2, 0.25) is 5.91 Å². The molecule has 2 heterocycles. The number of phenolic OH excluding ortho intramolecular Hbond substituents is 1. The molecule has 2 aromatic carbocycles. The third-order valence-electron chi connectivity index (χ3n) is 8.68. The molecular weight excluding hydrogens is 494 g/mol. The van der Waals surface area contributed by atoms with E-state index in [1.54, 1.807) is 60.8 Å². The molecule has 0 aliphatic heterocycles. The van der Waals surface area contributed by atoms with Crippen molar-refractivity contribution in [2.24, 2.45) is 17.3 Å². The average Bonchev–Trinajstić information content (AvgIpc) is 3.32. The number of aromatic hydroxyl groups is 1. The molecule has 4 atom stereocenters. The first-order valence-electron chi connectivity index (χ1n) is 13.4. The van der Waals surface area contributed by atoms with Crippen molar-refractivity contribution in [1.29, 1.82) is 0 Å². The SMILES string of the molecule is O=C(Nc1ccccn1)c1ccc2nc(-c3ccc(NC(=O)C45C[C@@H]6C[C@@H](CC(O)(C6)C4)C5)c(O)c3)[nH]c2c1. The number of rotatable bonds is 5. The number of fused-ring (bicyclic) bond motifs is 1. The summed E-state index contributed by atoms with van der Waals surface area (Å²) in [7, 11) is 0. The van der Waals surface area contributed by atoms with E-state index in [0.29, 0.717) is 57.7 Å². The van der Waals surface area contributed by atoms with Gasteiger partial charge < -0.3 is 25.8 Å². The minimum atomic E-state index is -0.729. The number of benzene rings is 2. The van der Waals surface area contributed by atoms with Crippen molar-refractivity contribution in [3.63, 3.8) is 0 Å². The molecule has 4 bridgehead atoms. The Morgan fingerprint density at radius 1 is 0.974 bits per heavy atom. The van der Waals surface area contributed by atoms with Crippen LogP contribution in [0.4, 0.5) is 11.5 Å². The van der Waals surface area contributed by atoms with Gasteiger partial charge in [0.25, 0.3) is 5.91 Å². The number of amides is 2. The normalized spacial score (nSPS) is 27.0. The van der Waals surface area contributed by atoms with Crippen molar-refractivity contribution >= 4 is 34.4 Å². The molecule has 0 spiro atoms. The van der Waals surface area contributed by atoms with Gasteiger partial charge in [-0.2, -0.15) is 0 Å². The van der Waals surface area contributed by atoms with Crippen LogP contribution in [0.25, 0.3) is 22.4 Å². The molecule has 39 heavy (non-hydrogen) atoms. The quantitative estimate of drug-likeness (QED) is 0.237. The summed E-state index contributed by atoms with van der Waals surface area (Å²) in [5.41, 5.74) is 1.50. The molecule has 2 unspecified atom stereocenters. The van der Waals surface area contributed by atoms with Gasteiger partial charge in [-0.3, -0.25) is 9.59 Å². The monoisotopic (exact) mass is 523 g/mol. The molecule has 0 saturated heterocycles. The molecule has 5 N–H and O–H groups in total. The number of hydrogen-bond acceptors (Lipinski definition) is 6. The first-order valence-corrected chi connectivity index (χ1v) is 13.4. The van der Waals surface area contributed by atoms with Crippen LogP contribution in [-0.4, -0.2) is 42.6 Å². The summed E-state index contributed by atoms with van der Waals surface area (Å²) in [5.74, 6) is 1.34. The van der Waals surface area contributed by atoms with Crippen LogP contribution in [0.5, 0.6) is 5.75 Å². The Kier molecular flexibility index (Phi) is 5.28. The number of pyridine rings is 1. The number of H-pyrrole nitrogens is 1. The molecule has 4 aliphatic rings. The average molecular weight is 524 g/mol. The summed E-state index contributed by atoms with van der Waals surface area (Å²) in [6.45, 7) is 0. The lowest BCUT2D eigenvalue weighted by atomic mass is 9.47. The van der Waals surface area contributed by atoms with Crippen LogP contribution in [0.1, 0.15) is 48.9 Å². The molecule has 9 nitrogen and oxygen atoms in total. The zero-order valence-electron chi connectivity index (χ0n) is 21.3. The number of aliphatic hydroxyl groups is 1. The van der Waals surface area contributed by atoms with Crippen molar-refractivity contribution in [3.05, 3.63) is 66.4 Å². The van der Waals surface area contributed by atoms with E-state index in [9.17, 15) is 19.8 Å². The van der Waals surface area contributed by atoms with E-state index in [1.165, 1.54) is 0 Å². The second-order valence-electron chi connectivity index (χ2n) is 11.6. The molecule has 4 saturated carbocycles. The predicted octanol–water partition coefficient (Wildman–Crippen LogP) is 4.85. The van der Waals surface area contributed by atoms with Crippen LogP contribution in [-0.2, 0) is 4.79 Å². The lowest BCUT2D eigenvalue weighted by Crippen LogP contribution is -2.59. The van der Waals surface area contributed by atoms with E-state index in [2.05, 4.69) is 25.6 Å². The van der Waals surface area contributed by atoms with E-state index in [-0.39, 0.29) is 17.6 Å². The maximum absolute atomic E-state index is 13.4. The maximum atomic E-state index is 13.4. The summed E-state index contributed by atoms with van der Waals surface area (Å²) in [4.78, 5) is 38.0. The van der Waals surface area contributed by atoms with Crippen LogP contribution in [0, 0.1) is 17.3 Å². The highest BCUT2D eigenvalue weighted by Gasteiger charge is 2.60. The molecular formula is C30H29N5O4. The Bertz CT molecular complexity index is 1600. The Morgan fingerprint density at radius 2 is 1.79 bits per heavy atom. The molecule has 4 aliphatic carbocycles. The summed E-state index contributed by atoms with van der Waals surface area (Å²) in [6, 6.07) is 15.5. The number of nitrogens with zero attached hydrogens (tertiary/aromatic N) is 2. The minimum Gasteiger partial charge on any atom is -0.506 e. The van der Waals surface area contributed by atoms with E-state index >= 15 is 0 Å². The first-order chi connectivity index (χ1) is 18.8. The van der Waals surface area contributed by atoms with Gasteiger partial charge in [0.05, 0.1) is 27.7 Å². The molecule has 8 rings (SSSR count). The Labute approximate surface area is 224 Å². The molecule has 0 radical (unpaired) electrons. The zero-order valence-corrected chi connectivity index (χ0v) is 21.3. The van der Waals surface area contributed by atoms with Crippen molar-refractivity contribution in [3.8, 4) is 17.1 Å². The molecule has 9 heteroatoms. The fourth-order valence-electron chi connectivity index (χ4n) is 7.43.